The Hall–Kier alpha value is -5.37. The first-order valence-corrected chi connectivity index (χ1v) is 17.1. The number of imide groups is 2. The van der Waals surface area contributed by atoms with Gasteiger partial charge in [0.05, 0.1) is 23.0 Å². The molecule has 1 aromatic carbocycles. The van der Waals surface area contributed by atoms with Gasteiger partial charge >= 0.3 is 0 Å². The summed E-state index contributed by atoms with van der Waals surface area (Å²) in [5, 5.41) is 10.5. The molecule has 14 heteroatoms. The van der Waals surface area contributed by atoms with E-state index in [0.29, 0.717) is 6.54 Å². The van der Waals surface area contributed by atoms with Crippen molar-refractivity contribution in [2.45, 2.75) is 38.1 Å². The second kappa shape index (κ2) is 12.9. The Morgan fingerprint density at radius 3 is 2.45 bits per heavy atom. The van der Waals surface area contributed by atoms with Gasteiger partial charge < -0.3 is 15.1 Å². The Morgan fingerprint density at radius 2 is 1.63 bits per heavy atom. The number of amides is 4. The second-order valence-corrected chi connectivity index (χ2v) is 13.0. The van der Waals surface area contributed by atoms with Crippen molar-refractivity contribution in [2.75, 3.05) is 67.5 Å². The molecule has 14 nitrogen and oxygen atoms in total. The van der Waals surface area contributed by atoms with Crippen molar-refractivity contribution in [1.82, 2.24) is 34.7 Å². The predicted octanol–water partition coefficient (Wildman–Crippen LogP) is 2.42. The molecule has 3 aromatic heterocycles. The monoisotopic (exact) mass is 662 g/mol. The lowest BCUT2D eigenvalue weighted by Gasteiger charge is -2.35. The Bertz CT molecular complexity index is 1950. The molecule has 4 aliphatic rings. The van der Waals surface area contributed by atoms with Gasteiger partial charge in [-0.05, 0) is 74.7 Å². The molecular formula is C35H38N10O4. The lowest BCUT2D eigenvalue weighted by molar-refractivity contribution is -0.136. The molecule has 0 saturated carbocycles. The number of piperazine rings is 1. The SMILES string of the molecule is O=C1CCC(N2C(=O)c3ccc(NCCCN4CCN(c5cccc(-c6cnc7ccc(N8CCCC8)nn67)n5)CC4)cc3C2=O)C(=O)N1. The molecule has 49 heavy (non-hydrogen) atoms. The summed E-state index contributed by atoms with van der Waals surface area (Å²) in [6.45, 7) is 7.29. The maximum absolute atomic E-state index is 13.1. The van der Waals surface area contributed by atoms with Crippen LogP contribution >= 0.6 is 0 Å². The molecule has 2 N–H and O–H groups in total. The maximum atomic E-state index is 13.1. The number of anilines is 3. The Balaban J connectivity index is 0.833. The first kappa shape index (κ1) is 30.9. The number of piperidine rings is 1. The fourth-order valence-corrected chi connectivity index (χ4v) is 7.21. The van der Waals surface area contributed by atoms with Crippen LogP contribution in [0.25, 0.3) is 17.0 Å². The van der Waals surface area contributed by atoms with E-state index >= 15 is 0 Å². The van der Waals surface area contributed by atoms with Crippen molar-refractivity contribution >= 4 is 46.6 Å². The van der Waals surface area contributed by atoms with Crippen molar-refractivity contribution in [3.05, 3.63) is 65.9 Å². The number of pyridine rings is 1. The molecule has 0 spiro atoms. The Morgan fingerprint density at radius 1 is 0.837 bits per heavy atom. The standard InChI is InChI=1S/C35H38N10O4/c46-32-12-9-27(33(47)39-32)44-34(48)24-8-7-23(21-25(24)35(44)49)36-13-4-14-41-17-19-43(20-18-41)30-6-3-5-26(38-30)28-22-37-29-10-11-31(40-45(28)29)42-15-1-2-16-42/h3,5-8,10-11,21-22,27,36H,1-2,4,9,12-20H2,(H,39,46,47). The number of fused-ring (bicyclic) bond motifs is 2. The van der Waals surface area contributed by atoms with Crippen molar-refractivity contribution in [3.63, 3.8) is 0 Å². The molecule has 0 radical (unpaired) electrons. The summed E-state index contributed by atoms with van der Waals surface area (Å²) in [4.78, 5) is 67.6. The topological polar surface area (TPSA) is 148 Å². The maximum Gasteiger partial charge on any atom is 0.262 e. The number of nitrogens with zero attached hydrogens (tertiary/aromatic N) is 8. The molecule has 252 valence electrons. The number of nitrogens with one attached hydrogen (secondary N) is 2. The van der Waals surface area contributed by atoms with Gasteiger partial charge in [0, 0.05) is 57.9 Å². The average Bonchev–Trinajstić information content (AvgIpc) is 3.86. The highest BCUT2D eigenvalue weighted by molar-refractivity contribution is 6.23. The van der Waals surface area contributed by atoms with Crippen molar-refractivity contribution < 1.29 is 19.2 Å². The van der Waals surface area contributed by atoms with Crippen molar-refractivity contribution in [1.29, 1.82) is 0 Å². The molecule has 8 rings (SSSR count). The number of rotatable bonds is 9. The van der Waals surface area contributed by atoms with Crippen molar-refractivity contribution in [3.8, 4) is 11.4 Å². The highest BCUT2D eigenvalue weighted by Gasteiger charge is 2.44. The van der Waals surface area contributed by atoms with Gasteiger partial charge in [0.2, 0.25) is 11.8 Å². The summed E-state index contributed by atoms with van der Waals surface area (Å²) < 4.78 is 1.90. The molecule has 3 fully saturated rings. The number of imidazole rings is 1. The van der Waals surface area contributed by atoms with Gasteiger partial charge in [-0.1, -0.05) is 6.07 Å². The second-order valence-electron chi connectivity index (χ2n) is 13.0. The summed E-state index contributed by atoms with van der Waals surface area (Å²) in [7, 11) is 0. The van der Waals surface area contributed by atoms with Gasteiger partial charge in [-0.2, -0.15) is 0 Å². The number of hydrogen-bond donors (Lipinski definition) is 2. The van der Waals surface area contributed by atoms with Crippen LogP contribution in [0, 0.1) is 0 Å². The van der Waals surface area contributed by atoms with E-state index in [1.54, 1.807) is 18.2 Å². The molecule has 1 atom stereocenters. The molecular weight excluding hydrogens is 624 g/mol. The van der Waals surface area contributed by atoms with Crippen LogP contribution in [-0.4, -0.2) is 111 Å². The van der Waals surface area contributed by atoms with Crippen LogP contribution in [0.1, 0.15) is 52.8 Å². The van der Waals surface area contributed by atoms with Gasteiger partial charge in [-0.15, -0.1) is 5.10 Å². The van der Waals surface area contributed by atoms with Gasteiger partial charge in [0.25, 0.3) is 11.8 Å². The number of hydrogen-bond acceptors (Lipinski definition) is 11. The average molecular weight is 663 g/mol. The van der Waals surface area contributed by atoms with Crippen LogP contribution < -0.4 is 20.4 Å². The highest BCUT2D eigenvalue weighted by atomic mass is 16.2. The summed E-state index contributed by atoms with van der Waals surface area (Å²) >= 11 is 0. The molecule has 1 unspecified atom stereocenters. The third-order valence-corrected chi connectivity index (χ3v) is 9.89. The summed E-state index contributed by atoms with van der Waals surface area (Å²) in [5.74, 6) is -0.0763. The lowest BCUT2D eigenvalue weighted by Crippen LogP contribution is -2.54. The normalized spacial score (nSPS) is 20.0. The largest absolute Gasteiger partial charge is 0.385 e. The van der Waals surface area contributed by atoms with E-state index in [9.17, 15) is 19.2 Å². The number of benzene rings is 1. The minimum absolute atomic E-state index is 0.0947. The number of carbonyl (C=O) groups excluding carboxylic acids is 4. The summed E-state index contributed by atoms with van der Waals surface area (Å²) in [6.07, 6.45) is 5.38. The number of aromatic nitrogens is 4. The first-order chi connectivity index (χ1) is 23.9. The van der Waals surface area contributed by atoms with Gasteiger partial charge in [-0.25, -0.2) is 14.5 Å². The third-order valence-electron chi connectivity index (χ3n) is 9.89. The molecule has 0 aliphatic carbocycles. The molecule has 4 aliphatic heterocycles. The van der Waals surface area contributed by atoms with Gasteiger partial charge in [-0.3, -0.25) is 34.3 Å². The highest BCUT2D eigenvalue weighted by Crippen LogP contribution is 2.30. The van der Waals surface area contributed by atoms with Crippen LogP contribution in [0.15, 0.2) is 54.7 Å². The Labute approximate surface area is 283 Å². The first-order valence-electron chi connectivity index (χ1n) is 17.1. The summed E-state index contributed by atoms with van der Waals surface area (Å²) in [6, 6.07) is 14.3. The molecule has 0 bridgehead atoms. The number of carbonyl (C=O) groups is 4. The van der Waals surface area contributed by atoms with E-state index in [2.05, 4.69) is 42.5 Å². The third kappa shape index (κ3) is 5.96. The zero-order valence-corrected chi connectivity index (χ0v) is 27.2. The van der Waals surface area contributed by atoms with E-state index in [-0.39, 0.29) is 24.0 Å². The van der Waals surface area contributed by atoms with Gasteiger partial charge in [0.1, 0.15) is 23.4 Å². The fraction of sp³-hybridized carbons (Fsp3) is 0.400. The van der Waals surface area contributed by atoms with Crippen LogP contribution in [0.2, 0.25) is 0 Å². The summed E-state index contributed by atoms with van der Waals surface area (Å²) in [5.41, 5.74) is 3.84. The molecule has 4 amide bonds. The molecule has 7 heterocycles. The van der Waals surface area contributed by atoms with E-state index < -0.39 is 29.7 Å². The zero-order valence-electron chi connectivity index (χ0n) is 27.2. The molecule has 3 saturated heterocycles. The quantitative estimate of drug-likeness (QED) is 0.201. The zero-order chi connectivity index (χ0) is 33.5. The van der Waals surface area contributed by atoms with E-state index in [4.69, 9.17) is 10.1 Å². The van der Waals surface area contributed by atoms with Crippen LogP contribution in [0.5, 0.6) is 0 Å². The van der Waals surface area contributed by atoms with E-state index in [1.165, 1.54) is 12.8 Å². The van der Waals surface area contributed by atoms with Crippen LogP contribution in [-0.2, 0) is 9.59 Å². The smallest absolute Gasteiger partial charge is 0.262 e. The minimum atomic E-state index is -0.968. The molecule has 4 aromatic rings. The predicted molar refractivity (Wildman–Crippen MR) is 183 cm³/mol. The van der Waals surface area contributed by atoms with Crippen LogP contribution in [0.3, 0.4) is 0 Å². The van der Waals surface area contributed by atoms with Crippen molar-refractivity contribution in [2.24, 2.45) is 0 Å². The van der Waals surface area contributed by atoms with Gasteiger partial charge in [0.15, 0.2) is 5.65 Å². The van der Waals surface area contributed by atoms with Crippen LogP contribution in [0.4, 0.5) is 17.3 Å². The Kier molecular flexibility index (Phi) is 8.15. The van der Waals surface area contributed by atoms with E-state index in [1.807, 2.05) is 28.9 Å². The fourth-order valence-electron chi connectivity index (χ4n) is 7.21. The minimum Gasteiger partial charge on any atom is -0.385 e. The van der Waals surface area contributed by atoms with E-state index in [0.717, 1.165) is 91.5 Å². The lowest BCUT2D eigenvalue weighted by atomic mass is 10.0.